The van der Waals surface area contributed by atoms with E-state index >= 15 is 0 Å². The summed E-state index contributed by atoms with van der Waals surface area (Å²) in [7, 11) is 3.68. The van der Waals surface area contributed by atoms with Crippen LogP contribution in [0.4, 0.5) is 20.2 Å². The summed E-state index contributed by atoms with van der Waals surface area (Å²) in [5, 5.41) is 11.6. The number of amides is 2. The number of nitrogens with zero attached hydrogens (tertiary/aromatic N) is 2. The van der Waals surface area contributed by atoms with Gasteiger partial charge in [0.1, 0.15) is 4.32 Å². The summed E-state index contributed by atoms with van der Waals surface area (Å²) >= 11 is 6.49. The molecule has 0 saturated carbocycles. The first kappa shape index (κ1) is 27.9. The van der Waals surface area contributed by atoms with E-state index in [0.717, 1.165) is 29.6 Å². The van der Waals surface area contributed by atoms with E-state index in [4.69, 9.17) is 17.3 Å². The Labute approximate surface area is 233 Å². The average Bonchev–Trinajstić information content (AvgIpc) is 3.16. The second kappa shape index (κ2) is 11.7. The van der Waals surface area contributed by atoms with Gasteiger partial charge in [-0.25, -0.2) is 13.6 Å². The van der Waals surface area contributed by atoms with Gasteiger partial charge >= 0.3 is 5.97 Å². The van der Waals surface area contributed by atoms with Gasteiger partial charge in [0.05, 0.1) is 10.5 Å². The number of halogens is 2. The van der Waals surface area contributed by atoms with Crippen LogP contribution in [-0.4, -0.2) is 52.8 Å². The van der Waals surface area contributed by atoms with Crippen LogP contribution in [0.25, 0.3) is 17.2 Å². The maximum absolute atomic E-state index is 13.9. The highest BCUT2D eigenvalue weighted by Gasteiger charge is 2.32. The predicted molar refractivity (Wildman–Crippen MR) is 153 cm³/mol. The number of hydrogen-bond donors (Lipinski definition) is 2. The zero-order chi connectivity index (χ0) is 28.3. The fourth-order valence-electron chi connectivity index (χ4n) is 3.91. The Kier molecular flexibility index (Phi) is 8.41. The van der Waals surface area contributed by atoms with Crippen LogP contribution in [0, 0.1) is 11.6 Å². The molecule has 1 aliphatic rings. The number of hydrogen-bond acceptors (Lipinski definition) is 6. The summed E-state index contributed by atoms with van der Waals surface area (Å²) < 4.78 is 27.8. The summed E-state index contributed by atoms with van der Waals surface area (Å²) in [5.41, 5.74) is 3.15. The third-order valence-electron chi connectivity index (χ3n) is 5.88. The average molecular weight is 568 g/mol. The van der Waals surface area contributed by atoms with Crippen LogP contribution < -0.4 is 10.2 Å². The molecule has 0 radical (unpaired) electrons. The molecule has 1 saturated heterocycles. The Bertz CT molecular complexity index is 1510. The van der Waals surface area contributed by atoms with E-state index in [9.17, 15) is 23.2 Å². The first-order chi connectivity index (χ1) is 18.5. The third-order valence-corrected chi connectivity index (χ3v) is 7.26. The van der Waals surface area contributed by atoms with Crippen molar-refractivity contribution in [2.75, 3.05) is 30.9 Å². The minimum Gasteiger partial charge on any atom is -0.478 e. The number of carbonyl (C=O) groups excluding carboxylic acids is 2. The Hall–Kier alpha value is -4.09. The van der Waals surface area contributed by atoms with Crippen LogP contribution in [0.5, 0.6) is 0 Å². The number of benzene rings is 3. The van der Waals surface area contributed by atoms with Crippen molar-refractivity contribution in [2.45, 2.75) is 6.42 Å². The standard InChI is InChI=1S/C28H23F2N3O4S2/c1-32(2)23-10-3-16(13-20(23)18-6-9-21(29)22(30)15-18)14-24-26(35)33(28(38)39-24)12-11-25(34)31-19-7-4-17(5-8-19)27(36)37/h3-10,13-15H,11-12H2,1-2H3,(H,31,34)(H,36,37)/b24-14-. The molecule has 0 bridgehead atoms. The predicted octanol–water partition coefficient (Wildman–Crippen LogP) is 5.63. The van der Waals surface area contributed by atoms with E-state index in [1.165, 1.54) is 35.2 Å². The molecule has 200 valence electrons. The lowest BCUT2D eigenvalue weighted by Gasteiger charge is -2.18. The van der Waals surface area contributed by atoms with E-state index in [-0.39, 0.29) is 30.3 Å². The van der Waals surface area contributed by atoms with Gasteiger partial charge in [0.25, 0.3) is 5.91 Å². The first-order valence-electron chi connectivity index (χ1n) is 11.7. The van der Waals surface area contributed by atoms with Crippen molar-refractivity contribution in [2.24, 2.45) is 0 Å². The molecule has 3 aromatic rings. The van der Waals surface area contributed by atoms with E-state index in [2.05, 4.69) is 5.32 Å². The lowest BCUT2D eigenvalue weighted by molar-refractivity contribution is -0.122. The van der Waals surface area contributed by atoms with Crippen molar-refractivity contribution < 1.29 is 28.3 Å². The molecule has 0 spiro atoms. The van der Waals surface area contributed by atoms with Crippen LogP contribution in [0.2, 0.25) is 0 Å². The minimum absolute atomic E-state index is 0.0157. The van der Waals surface area contributed by atoms with Gasteiger partial charge in [-0.15, -0.1) is 0 Å². The molecule has 2 N–H and O–H groups in total. The summed E-state index contributed by atoms with van der Waals surface area (Å²) in [4.78, 5) is 40.0. The summed E-state index contributed by atoms with van der Waals surface area (Å²) in [6.45, 7) is 0.0702. The zero-order valence-corrected chi connectivity index (χ0v) is 22.5. The number of carbonyl (C=O) groups is 3. The fraction of sp³-hybridized carbons (Fsp3) is 0.143. The van der Waals surface area contributed by atoms with Crippen molar-refractivity contribution in [3.05, 3.63) is 88.3 Å². The van der Waals surface area contributed by atoms with Crippen LogP contribution in [0.15, 0.2) is 65.6 Å². The molecule has 0 unspecified atom stereocenters. The Morgan fingerprint density at radius 2 is 1.77 bits per heavy atom. The molecule has 1 heterocycles. The van der Waals surface area contributed by atoms with Gasteiger partial charge in [-0.3, -0.25) is 14.5 Å². The molecular formula is C28H23F2N3O4S2. The van der Waals surface area contributed by atoms with Crippen molar-refractivity contribution in [1.29, 1.82) is 0 Å². The van der Waals surface area contributed by atoms with Gasteiger partial charge in [-0.2, -0.15) is 0 Å². The number of thioether (sulfide) groups is 1. The lowest BCUT2D eigenvalue weighted by Crippen LogP contribution is -2.31. The Morgan fingerprint density at radius 1 is 1.05 bits per heavy atom. The van der Waals surface area contributed by atoms with E-state index in [0.29, 0.717) is 31.6 Å². The third kappa shape index (κ3) is 6.50. The highest BCUT2D eigenvalue weighted by atomic mass is 32.2. The smallest absolute Gasteiger partial charge is 0.335 e. The summed E-state index contributed by atoms with van der Waals surface area (Å²) in [5.74, 6) is -3.65. The molecule has 1 aliphatic heterocycles. The molecule has 39 heavy (non-hydrogen) atoms. The van der Waals surface area contributed by atoms with Gasteiger partial charge in [-0.05, 0) is 65.7 Å². The molecule has 7 nitrogen and oxygen atoms in total. The SMILES string of the molecule is CN(C)c1ccc(/C=C2\SC(=S)N(CCC(=O)Nc3ccc(C(=O)O)cc3)C2=O)cc1-c1ccc(F)c(F)c1. The largest absolute Gasteiger partial charge is 0.478 e. The van der Waals surface area contributed by atoms with E-state index in [1.54, 1.807) is 12.1 Å². The quantitative estimate of drug-likeness (QED) is 0.270. The van der Waals surface area contributed by atoms with E-state index < -0.39 is 17.6 Å². The van der Waals surface area contributed by atoms with Gasteiger partial charge in [0, 0.05) is 44.0 Å². The molecule has 1 fully saturated rings. The fourth-order valence-corrected chi connectivity index (χ4v) is 5.21. The van der Waals surface area contributed by atoms with Crippen LogP contribution in [0.3, 0.4) is 0 Å². The molecule has 11 heteroatoms. The second-order valence-electron chi connectivity index (χ2n) is 8.81. The minimum atomic E-state index is -1.07. The highest BCUT2D eigenvalue weighted by Crippen LogP contribution is 2.36. The van der Waals surface area contributed by atoms with Crippen molar-refractivity contribution in [1.82, 2.24) is 4.90 Å². The number of carboxylic acids is 1. The second-order valence-corrected chi connectivity index (χ2v) is 10.5. The molecule has 3 aromatic carbocycles. The van der Waals surface area contributed by atoms with Crippen molar-refractivity contribution in [3.8, 4) is 11.1 Å². The molecule has 0 atom stereocenters. The van der Waals surface area contributed by atoms with Crippen molar-refractivity contribution >= 4 is 63.5 Å². The number of thiocarbonyl (C=S) groups is 1. The molecule has 0 aliphatic carbocycles. The molecule has 2 amide bonds. The topological polar surface area (TPSA) is 89.9 Å². The summed E-state index contributed by atoms with van der Waals surface area (Å²) in [6.07, 6.45) is 1.66. The number of carboxylic acid groups (broad SMARTS) is 1. The van der Waals surface area contributed by atoms with Gasteiger partial charge in [0.2, 0.25) is 5.91 Å². The first-order valence-corrected chi connectivity index (χ1v) is 12.9. The van der Waals surface area contributed by atoms with Crippen molar-refractivity contribution in [3.63, 3.8) is 0 Å². The molecular weight excluding hydrogens is 544 g/mol. The normalized spacial score (nSPS) is 14.2. The van der Waals surface area contributed by atoms with E-state index in [1.807, 2.05) is 31.1 Å². The maximum Gasteiger partial charge on any atom is 0.335 e. The van der Waals surface area contributed by atoms with Gasteiger partial charge < -0.3 is 15.3 Å². The monoisotopic (exact) mass is 567 g/mol. The molecule has 0 aromatic heterocycles. The zero-order valence-electron chi connectivity index (χ0n) is 20.9. The van der Waals surface area contributed by atoms with Crippen LogP contribution in [-0.2, 0) is 9.59 Å². The lowest BCUT2D eigenvalue weighted by atomic mass is 9.99. The van der Waals surface area contributed by atoms with Gasteiger partial charge in [-0.1, -0.05) is 36.1 Å². The van der Waals surface area contributed by atoms with Crippen LogP contribution in [0.1, 0.15) is 22.3 Å². The Morgan fingerprint density at radius 3 is 2.41 bits per heavy atom. The number of aromatic carboxylic acids is 1. The maximum atomic E-state index is 13.9. The van der Waals surface area contributed by atoms with Gasteiger partial charge in [0.15, 0.2) is 11.6 Å². The molecule has 4 rings (SSSR count). The number of nitrogens with one attached hydrogen (secondary N) is 1. The highest BCUT2D eigenvalue weighted by molar-refractivity contribution is 8.26. The van der Waals surface area contributed by atoms with Crippen LogP contribution >= 0.6 is 24.0 Å². The Balaban J connectivity index is 1.47. The number of anilines is 2. The number of rotatable bonds is 8. The summed E-state index contributed by atoms with van der Waals surface area (Å²) in [6, 6.07) is 14.9.